The van der Waals surface area contributed by atoms with E-state index in [0.717, 1.165) is 40.9 Å². The minimum absolute atomic E-state index is 0.0881. The Bertz CT molecular complexity index is 1770. The second kappa shape index (κ2) is 10.2. The van der Waals surface area contributed by atoms with Crippen molar-refractivity contribution in [3.8, 4) is 0 Å². The van der Waals surface area contributed by atoms with Crippen molar-refractivity contribution in [1.82, 2.24) is 4.98 Å². The molecule has 3 heterocycles. The van der Waals surface area contributed by atoms with Gasteiger partial charge in [0.1, 0.15) is 10.1 Å². The number of Topliss-reactive ketones (excluding diaryl/α,β-unsaturated/α-hetero) is 2. The van der Waals surface area contributed by atoms with Gasteiger partial charge in [0.2, 0.25) is 21.4 Å². The molecule has 0 radical (unpaired) electrons. The first-order chi connectivity index (χ1) is 19.3. The minimum Gasteiger partial charge on any atom is -0.461 e. The van der Waals surface area contributed by atoms with Crippen molar-refractivity contribution in [2.45, 2.75) is 41.3 Å². The smallest absolute Gasteiger partial charge is 0.297 e. The van der Waals surface area contributed by atoms with Gasteiger partial charge in [0.15, 0.2) is 10.9 Å². The van der Waals surface area contributed by atoms with Crippen LogP contribution >= 0.6 is 11.3 Å². The van der Waals surface area contributed by atoms with Gasteiger partial charge < -0.3 is 4.42 Å². The maximum atomic E-state index is 13.4. The van der Waals surface area contributed by atoms with Gasteiger partial charge in [-0.2, -0.15) is 0 Å². The van der Waals surface area contributed by atoms with Crippen LogP contribution in [0.25, 0.3) is 0 Å². The van der Waals surface area contributed by atoms with Crippen molar-refractivity contribution in [1.29, 1.82) is 0 Å². The number of amides is 1. The molecule has 0 aliphatic carbocycles. The summed E-state index contributed by atoms with van der Waals surface area (Å²) in [6.45, 7) is 6.09. The molecule has 0 N–H and O–H groups in total. The van der Waals surface area contributed by atoms with E-state index in [1.165, 1.54) is 18.4 Å². The molecule has 210 valence electrons. The van der Waals surface area contributed by atoms with Crippen molar-refractivity contribution in [2.24, 2.45) is 5.92 Å². The van der Waals surface area contributed by atoms with Gasteiger partial charge >= 0.3 is 0 Å². The number of hydrogen-bond donors (Lipinski definition) is 0. The van der Waals surface area contributed by atoms with E-state index in [0.29, 0.717) is 16.9 Å². The van der Waals surface area contributed by atoms with Gasteiger partial charge in [-0.05, 0) is 40.8 Å². The van der Waals surface area contributed by atoms with Crippen LogP contribution in [0.1, 0.15) is 48.5 Å². The van der Waals surface area contributed by atoms with Gasteiger partial charge in [-0.3, -0.25) is 29.4 Å². The van der Waals surface area contributed by atoms with Crippen LogP contribution in [-0.4, -0.2) is 35.8 Å². The lowest BCUT2D eigenvalue weighted by Gasteiger charge is -2.26. The summed E-state index contributed by atoms with van der Waals surface area (Å²) >= 11 is 0.650. The van der Waals surface area contributed by atoms with Crippen LogP contribution in [0.4, 0.5) is 10.8 Å². The Morgan fingerprint density at radius 3 is 2.27 bits per heavy atom. The molecular weight excluding hydrogens is 570 g/mol. The Labute approximate surface area is 238 Å². The highest BCUT2D eigenvalue weighted by Crippen LogP contribution is 2.44. The summed E-state index contributed by atoms with van der Waals surface area (Å²) in [6.07, 6.45) is 2.34. The first-order valence-electron chi connectivity index (χ1n) is 12.3. The average Bonchev–Trinajstić information content (AvgIpc) is 3.69. The summed E-state index contributed by atoms with van der Waals surface area (Å²) in [4.78, 5) is 55.4. The molecule has 5 rings (SSSR count). The molecule has 2 unspecified atom stereocenters. The molecule has 4 aromatic rings. The quantitative estimate of drug-likeness (QED) is 0.0952. The number of nitro groups is 1. The van der Waals surface area contributed by atoms with E-state index in [2.05, 4.69) is 4.98 Å². The molecule has 0 bridgehead atoms. The number of furan rings is 1. The van der Waals surface area contributed by atoms with E-state index >= 15 is 0 Å². The monoisotopic (exact) mass is 593 g/mol. The van der Waals surface area contributed by atoms with Gasteiger partial charge in [-0.15, -0.1) is 0 Å². The van der Waals surface area contributed by atoms with Crippen LogP contribution in [0.15, 0.2) is 86.6 Å². The fourth-order valence-corrected chi connectivity index (χ4v) is 7.14. The first kappa shape index (κ1) is 28.1. The predicted molar refractivity (Wildman–Crippen MR) is 148 cm³/mol. The Morgan fingerprint density at radius 2 is 1.71 bits per heavy atom. The van der Waals surface area contributed by atoms with Gasteiger partial charge in [-0.1, -0.05) is 56.4 Å². The number of hydrogen-bond acceptors (Lipinski definition) is 10. The summed E-state index contributed by atoms with van der Waals surface area (Å²) in [5.74, 6) is -4.20. The number of non-ortho nitro benzene ring substituents is 1. The van der Waals surface area contributed by atoms with Crippen LogP contribution in [-0.2, 0) is 24.8 Å². The Hall–Kier alpha value is -4.49. The van der Waals surface area contributed by atoms with E-state index in [9.17, 15) is 32.9 Å². The third-order valence-corrected chi connectivity index (χ3v) is 10.00. The molecule has 1 saturated heterocycles. The SMILES string of the molecule is CC(C)(C)c1ccc(C2C(C(=O)c3ccco3)C(=O)C(=O)N2c2ncc(S(=O)(=O)c3ccc([N+](=O)[O-])cc3)s2)cc1. The molecule has 1 amide bonds. The maximum Gasteiger partial charge on any atom is 0.297 e. The number of ketones is 2. The fraction of sp³-hybridized carbons (Fsp3) is 0.214. The van der Waals surface area contributed by atoms with Gasteiger partial charge in [-0.25, -0.2) is 13.4 Å². The predicted octanol–water partition coefficient (Wildman–Crippen LogP) is 4.93. The average molecular weight is 594 g/mol. The molecule has 13 heteroatoms. The van der Waals surface area contributed by atoms with Crippen LogP contribution < -0.4 is 4.90 Å². The molecule has 1 aliphatic heterocycles. The van der Waals surface area contributed by atoms with Crippen LogP contribution in [0.2, 0.25) is 0 Å². The second-order valence-electron chi connectivity index (χ2n) is 10.4. The highest BCUT2D eigenvalue weighted by atomic mass is 32.2. The standard InChI is InChI=1S/C28H23N3O8S2/c1-28(2,3)17-8-6-16(7-9-17)23-22(24(32)20-5-4-14-39-20)25(33)26(34)30(23)27-29-15-21(40-27)41(37,38)19-12-10-18(11-13-19)31(35)36/h4-15,22-23H,1-3H3. The molecule has 1 aliphatic rings. The summed E-state index contributed by atoms with van der Waals surface area (Å²) < 4.78 is 31.5. The number of anilines is 1. The van der Waals surface area contributed by atoms with Crippen molar-refractivity contribution >= 4 is 49.5 Å². The number of rotatable bonds is 7. The molecule has 0 saturated carbocycles. The number of thiazole rings is 1. The lowest BCUT2D eigenvalue weighted by Crippen LogP contribution is -2.30. The van der Waals surface area contributed by atoms with E-state index in [-0.39, 0.29) is 31.1 Å². The van der Waals surface area contributed by atoms with E-state index < -0.39 is 44.2 Å². The number of benzene rings is 2. The molecule has 11 nitrogen and oxygen atoms in total. The number of nitrogens with zero attached hydrogens (tertiary/aromatic N) is 3. The molecule has 2 atom stereocenters. The zero-order valence-electron chi connectivity index (χ0n) is 22.0. The Morgan fingerprint density at radius 1 is 1.05 bits per heavy atom. The number of sulfone groups is 1. The second-order valence-corrected chi connectivity index (χ2v) is 13.6. The first-order valence-corrected chi connectivity index (χ1v) is 14.6. The summed E-state index contributed by atoms with van der Waals surface area (Å²) in [7, 11) is -4.16. The zero-order chi connectivity index (χ0) is 29.7. The highest BCUT2D eigenvalue weighted by molar-refractivity contribution is 7.93. The summed E-state index contributed by atoms with van der Waals surface area (Å²) in [6, 6.07) is 13.3. The Balaban J connectivity index is 1.58. The Kier molecular flexibility index (Phi) is 6.95. The topological polar surface area (TPSA) is 158 Å². The van der Waals surface area contributed by atoms with Gasteiger partial charge in [0.05, 0.1) is 28.3 Å². The molecule has 0 spiro atoms. The molecule has 41 heavy (non-hydrogen) atoms. The minimum atomic E-state index is -4.16. The van der Waals surface area contributed by atoms with E-state index in [1.807, 2.05) is 32.9 Å². The molecular formula is C28H23N3O8S2. The molecule has 2 aromatic carbocycles. The zero-order valence-corrected chi connectivity index (χ0v) is 23.6. The lowest BCUT2D eigenvalue weighted by molar-refractivity contribution is -0.384. The van der Waals surface area contributed by atoms with Crippen molar-refractivity contribution in [3.05, 3.63) is 100 Å². The third kappa shape index (κ3) is 4.98. The normalized spacial score (nSPS) is 17.7. The van der Waals surface area contributed by atoms with Crippen LogP contribution in [0.5, 0.6) is 0 Å². The fourth-order valence-electron chi connectivity index (χ4n) is 4.58. The summed E-state index contributed by atoms with van der Waals surface area (Å²) in [5.41, 5.74) is 1.02. The number of carbonyl (C=O) groups is 3. The van der Waals surface area contributed by atoms with Gasteiger partial charge in [0.25, 0.3) is 11.6 Å². The third-order valence-electron chi connectivity index (χ3n) is 6.77. The number of carbonyl (C=O) groups excluding carboxylic acids is 3. The van der Waals surface area contributed by atoms with Crippen LogP contribution in [0.3, 0.4) is 0 Å². The highest BCUT2D eigenvalue weighted by Gasteiger charge is 2.54. The summed E-state index contributed by atoms with van der Waals surface area (Å²) in [5, 5.41) is 10.9. The van der Waals surface area contributed by atoms with E-state index in [1.54, 1.807) is 12.1 Å². The van der Waals surface area contributed by atoms with Crippen molar-refractivity contribution in [3.63, 3.8) is 0 Å². The molecule has 2 aromatic heterocycles. The van der Waals surface area contributed by atoms with Crippen molar-refractivity contribution in [2.75, 3.05) is 4.90 Å². The van der Waals surface area contributed by atoms with Crippen molar-refractivity contribution < 1.29 is 32.1 Å². The molecule has 1 fully saturated rings. The number of aromatic nitrogens is 1. The largest absolute Gasteiger partial charge is 0.461 e. The number of nitro benzene ring substituents is 1. The van der Waals surface area contributed by atoms with Gasteiger partial charge in [0, 0.05) is 12.1 Å². The maximum absolute atomic E-state index is 13.4. The van der Waals surface area contributed by atoms with E-state index in [4.69, 9.17) is 4.42 Å². The van der Waals surface area contributed by atoms with Crippen LogP contribution in [0, 0.1) is 16.0 Å². The lowest BCUT2D eigenvalue weighted by atomic mass is 9.84.